The molecule has 4 heteroatoms. The fraction of sp³-hybridized carbons (Fsp3) is 0.0645. The van der Waals surface area contributed by atoms with Crippen molar-refractivity contribution in [3.8, 4) is 11.5 Å². The van der Waals surface area contributed by atoms with Crippen LogP contribution in [0, 0.1) is 0 Å². The molecule has 4 nitrogen and oxygen atoms in total. The first-order chi connectivity index (χ1) is 17.2. The highest BCUT2D eigenvalue weighted by Crippen LogP contribution is 2.57. The smallest absolute Gasteiger partial charge is 0.340 e. The number of carbonyl (C=O) groups excluding carboxylic acids is 1. The molecule has 35 heavy (non-hydrogen) atoms. The van der Waals surface area contributed by atoms with Gasteiger partial charge < -0.3 is 14.8 Å². The lowest BCUT2D eigenvalue weighted by Gasteiger charge is -2.37. The third-order valence-corrected chi connectivity index (χ3v) is 6.94. The van der Waals surface area contributed by atoms with Crippen LogP contribution in [0.5, 0.6) is 11.5 Å². The minimum atomic E-state index is -1.06. The monoisotopic (exact) mass is 455 g/mol. The van der Waals surface area contributed by atoms with Crippen molar-refractivity contribution in [2.24, 2.45) is 0 Å². The van der Waals surface area contributed by atoms with Gasteiger partial charge in [-0.3, -0.25) is 0 Å². The van der Waals surface area contributed by atoms with E-state index in [0.717, 1.165) is 38.9 Å². The van der Waals surface area contributed by atoms with E-state index in [1.165, 1.54) is 5.56 Å². The van der Waals surface area contributed by atoms with Gasteiger partial charge in [-0.1, -0.05) is 78.9 Å². The van der Waals surface area contributed by atoms with Crippen molar-refractivity contribution < 1.29 is 14.3 Å². The number of rotatable bonds is 3. The first-order valence-corrected chi connectivity index (χ1v) is 11.7. The lowest BCUT2D eigenvalue weighted by Crippen LogP contribution is -2.33. The van der Waals surface area contributed by atoms with Crippen LogP contribution in [-0.4, -0.2) is 5.97 Å². The van der Waals surface area contributed by atoms with Crippen molar-refractivity contribution in [2.75, 3.05) is 5.32 Å². The molecular formula is C31H21NO3. The SMILES string of the molecule is O=C1OC2(c3ccc(NCc4ccccc4)cc3Oc3c2ccc2ccccc32)c2ccccc21. The van der Waals surface area contributed by atoms with Gasteiger partial charge in [0, 0.05) is 40.4 Å². The lowest BCUT2D eigenvalue weighted by atomic mass is 9.77. The summed E-state index contributed by atoms with van der Waals surface area (Å²) in [6.45, 7) is 0.697. The maximum Gasteiger partial charge on any atom is 0.340 e. The molecule has 0 aliphatic carbocycles. The second-order valence-corrected chi connectivity index (χ2v) is 8.93. The number of carbonyl (C=O) groups is 1. The van der Waals surface area contributed by atoms with Crippen molar-refractivity contribution in [1.82, 2.24) is 0 Å². The Kier molecular flexibility index (Phi) is 4.24. The summed E-state index contributed by atoms with van der Waals surface area (Å²) in [5, 5.41) is 5.55. The van der Waals surface area contributed by atoms with Gasteiger partial charge in [0.1, 0.15) is 11.5 Å². The largest absolute Gasteiger partial charge is 0.456 e. The first kappa shape index (κ1) is 19.9. The van der Waals surface area contributed by atoms with Crippen LogP contribution in [0.1, 0.15) is 32.6 Å². The topological polar surface area (TPSA) is 47.6 Å². The van der Waals surface area contributed by atoms with Crippen LogP contribution in [0.15, 0.2) is 109 Å². The zero-order valence-corrected chi connectivity index (χ0v) is 18.8. The Morgan fingerprint density at radius 3 is 2.40 bits per heavy atom. The van der Waals surface area contributed by atoms with Gasteiger partial charge in [0.05, 0.1) is 5.56 Å². The molecular weight excluding hydrogens is 434 g/mol. The Bertz CT molecular complexity index is 1630. The molecule has 5 aromatic carbocycles. The van der Waals surface area contributed by atoms with E-state index in [-0.39, 0.29) is 5.97 Å². The van der Waals surface area contributed by atoms with Crippen LogP contribution >= 0.6 is 0 Å². The normalized spacial score (nSPS) is 17.3. The molecule has 0 saturated heterocycles. The molecule has 5 aromatic rings. The van der Waals surface area contributed by atoms with Crippen LogP contribution in [0.4, 0.5) is 5.69 Å². The number of hydrogen-bond donors (Lipinski definition) is 1. The summed E-state index contributed by atoms with van der Waals surface area (Å²) < 4.78 is 12.9. The molecule has 1 atom stereocenters. The van der Waals surface area contributed by atoms with Crippen molar-refractivity contribution >= 4 is 22.4 Å². The second kappa shape index (κ2) is 7.47. The van der Waals surface area contributed by atoms with E-state index >= 15 is 0 Å². The Labute approximate surface area is 202 Å². The molecule has 0 bridgehead atoms. The minimum absolute atomic E-state index is 0.321. The van der Waals surface area contributed by atoms with E-state index in [1.807, 2.05) is 84.9 Å². The zero-order chi connectivity index (χ0) is 23.4. The van der Waals surface area contributed by atoms with Gasteiger partial charge in [-0.15, -0.1) is 0 Å². The summed E-state index contributed by atoms with van der Waals surface area (Å²) in [7, 11) is 0. The minimum Gasteiger partial charge on any atom is -0.456 e. The number of nitrogens with one attached hydrogen (secondary N) is 1. The fourth-order valence-electron chi connectivity index (χ4n) is 5.31. The predicted octanol–water partition coefficient (Wildman–Crippen LogP) is 7.02. The lowest BCUT2D eigenvalue weighted by molar-refractivity contribution is 0.0225. The second-order valence-electron chi connectivity index (χ2n) is 8.93. The highest BCUT2D eigenvalue weighted by molar-refractivity contribution is 5.99. The molecule has 1 unspecified atom stereocenters. The van der Waals surface area contributed by atoms with E-state index < -0.39 is 5.60 Å². The summed E-state index contributed by atoms with van der Waals surface area (Å²) in [5.41, 5.74) is 4.16. The molecule has 0 fully saturated rings. The maximum atomic E-state index is 13.1. The third-order valence-electron chi connectivity index (χ3n) is 6.94. The molecule has 0 radical (unpaired) electrons. The number of benzene rings is 5. The van der Waals surface area contributed by atoms with Gasteiger partial charge in [-0.2, -0.15) is 0 Å². The van der Waals surface area contributed by atoms with Crippen LogP contribution < -0.4 is 10.1 Å². The summed E-state index contributed by atoms with van der Waals surface area (Å²) in [4.78, 5) is 13.1. The molecule has 0 aromatic heterocycles. The standard InChI is InChI=1S/C31H21NO3/c33-30-24-12-6-7-13-25(24)31(35-30)26-17-15-22(32-19-20-8-2-1-3-9-20)18-28(26)34-29-23-11-5-4-10-21(23)14-16-27(29)31/h1-18,32H,19H2. The van der Waals surface area contributed by atoms with Gasteiger partial charge in [0.2, 0.25) is 0 Å². The Morgan fingerprint density at radius 1 is 0.714 bits per heavy atom. The number of anilines is 1. The van der Waals surface area contributed by atoms with Crippen LogP contribution in [0.2, 0.25) is 0 Å². The average molecular weight is 456 g/mol. The quantitative estimate of drug-likeness (QED) is 0.297. The predicted molar refractivity (Wildman–Crippen MR) is 136 cm³/mol. The van der Waals surface area contributed by atoms with Gasteiger partial charge in [-0.25, -0.2) is 4.79 Å². The zero-order valence-electron chi connectivity index (χ0n) is 18.8. The molecule has 0 saturated carbocycles. The number of hydrogen-bond acceptors (Lipinski definition) is 4. The summed E-state index contributed by atoms with van der Waals surface area (Å²) in [6, 6.07) is 36.1. The number of ether oxygens (including phenoxy) is 2. The van der Waals surface area contributed by atoms with Crippen molar-refractivity contribution in [3.05, 3.63) is 137 Å². The van der Waals surface area contributed by atoms with Crippen molar-refractivity contribution in [3.63, 3.8) is 0 Å². The first-order valence-electron chi connectivity index (χ1n) is 11.7. The van der Waals surface area contributed by atoms with Gasteiger partial charge in [0.25, 0.3) is 0 Å². The summed E-state index contributed by atoms with van der Waals surface area (Å²) in [5.74, 6) is 1.08. The fourth-order valence-corrected chi connectivity index (χ4v) is 5.31. The van der Waals surface area contributed by atoms with E-state index in [2.05, 4.69) is 29.6 Å². The molecule has 2 aliphatic heterocycles. The van der Waals surface area contributed by atoms with E-state index in [4.69, 9.17) is 9.47 Å². The maximum absolute atomic E-state index is 13.1. The molecule has 1 spiro atoms. The highest BCUT2D eigenvalue weighted by atomic mass is 16.6. The van der Waals surface area contributed by atoms with E-state index in [1.54, 1.807) is 0 Å². The Hall–Kier alpha value is -4.57. The molecule has 2 heterocycles. The average Bonchev–Trinajstić information content (AvgIpc) is 3.21. The van der Waals surface area contributed by atoms with Crippen LogP contribution in [0.25, 0.3) is 10.8 Å². The molecule has 168 valence electrons. The number of esters is 1. The highest BCUT2D eigenvalue weighted by Gasteiger charge is 2.53. The van der Waals surface area contributed by atoms with Crippen LogP contribution in [-0.2, 0) is 16.9 Å². The Morgan fingerprint density at radius 2 is 1.49 bits per heavy atom. The number of fused-ring (bicyclic) bond motifs is 8. The van der Waals surface area contributed by atoms with Gasteiger partial charge in [-0.05, 0) is 35.2 Å². The molecule has 7 rings (SSSR count). The van der Waals surface area contributed by atoms with Gasteiger partial charge in [0.15, 0.2) is 5.60 Å². The van der Waals surface area contributed by atoms with Crippen molar-refractivity contribution in [1.29, 1.82) is 0 Å². The van der Waals surface area contributed by atoms with Crippen LogP contribution in [0.3, 0.4) is 0 Å². The summed E-state index contributed by atoms with van der Waals surface area (Å²) >= 11 is 0. The van der Waals surface area contributed by atoms with E-state index in [0.29, 0.717) is 17.9 Å². The summed E-state index contributed by atoms with van der Waals surface area (Å²) in [6.07, 6.45) is 0. The van der Waals surface area contributed by atoms with Crippen molar-refractivity contribution in [2.45, 2.75) is 12.1 Å². The molecule has 1 N–H and O–H groups in total. The molecule has 2 aliphatic rings. The Balaban J connectivity index is 1.43. The van der Waals surface area contributed by atoms with Gasteiger partial charge >= 0.3 is 5.97 Å². The van der Waals surface area contributed by atoms with E-state index in [9.17, 15) is 4.79 Å². The third kappa shape index (κ3) is 2.90. The molecule has 0 amide bonds.